The second-order valence-electron chi connectivity index (χ2n) is 3.82. The van der Waals surface area contributed by atoms with Gasteiger partial charge in [0, 0.05) is 31.1 Å². The van der Waals surface area contributed by atoms with E-state index in [2.05, 4.69) is 15.3 Å². The molecule has 0 fully saturated rings. The molecule has 6 heteroatoms. The van der Waals surface area contributed by atoms with Gasteiger partial charge >= 0.3 is 0 Å². The van der Waals surface area contributed by atoms with Gasteiger partial charge < -0.3 is 5.32 Å². The van der Waals surface area contributed by atoms with Crippen LogP contribution in [0.3, 0.4) is 0 Å². The molecule has 0 bridgehead atoms. The summed E-state index contributed by atoms with van der Waals surface area (Å²) in [7, 11) is 1.71. The van der Waals surface area contributed by atoms with Gasteiger partial charge in [-0.25, -0.2) is 4.98 Å². The van der Waals surface area contributed by atoms with E-state index in [1.54, 1.807) is 25.5 Å². The molecular weight excluding hydrogens is 232 g/mol. The van der Waals surface area contributed by atoms with Crippen LogP contribution in [0.1, 0.15) is 5.56 Å². The smallest absolute Gasteiger partial charge is 0.295 e. The highest BCUT2D eigenvalue weighted by Gasteiger charge is 2.17. The fourth-order valence-corrected chi connectivity index (χ4v) is 1.64. The quantitative estimate of drug-likeness (QED) is 0.662. The van der Waals surface area contributed by atoms with Crippen LogP contribution in [0.4, 0.5) is 11.5 Å². The Morgan fingerprint density at radius 3 is 2.72 bits per heavy atom. The van der Waals surface area contributed by atoms with Crippen molar-refractivity contribution >= 4 is 11.5 Å². The average molecular weight is 244 g/mol. The number of anilines is 1. The van der Waals surface area contributed by atoms with E-state index in [0.29, 0.717) is 17.1 Å². The molecule has 0 aliphatic heterocycles. The molecule has 1 N–H and O–H groups in total. The van der Waals surface area contributed by atoms with Crippen LogP contribution in [0.5, 0.6) is 0 Å². The predicted molar refractivity (Wildman–Crippen MR) is 68.4 cm³/mol. The van der Waals surface area contributed by atoms with Crippen LogP contribution in [0.2, 0.25) is 0 Å². The van der Waals surface area contributed by atoms with Crippen LogP contribution in [-0.4, -0.2) is 21.9 Å². The lowest BCUT2D eigenvalue weighted by atomic mass is 10.1. The number of hydrogen-bond donors (Lipinski definition) is 1. The summed E-state index contributed by atoms with van der Waals surface area (Å²) in [5, 5.41) is 13.9. The topological polar surface area (TPSA) is 81.0 Å². The van der Waals surface area contributed by atoms with E-state index >= 15 is 0 Å². The van der Waals surface area contributed by atoms with Gasteiger partial charge in [-0.2, -0.15) is 0 Å². The zero-order chi connectivity index (χ0) is 13.1. The Labute approximate surface area is 104 Å². The second kappa shape index (κ2) is 4.79. The lowest BCUT2D eigenvalue weighted by molar-refractivity contribution is -0.384. The van der Waals surface area contributed by atoms with Crippen LogP contribution >= 0.6 is 0 Å². The highest BCUT2D eigenvalue weighted by Crippen LogP contribution is 2.29. The van der Waals surface area contributed by atoms with E-state index in [1.807, 2.05) is 13.0 Å². The monoisotopic (exact) mass is 244 g/mol. The number of aryl methyl sites for hydroxylation is 1. The third kappa shape index (κ3) is 2.27. The third-order valence-corrected chi connectivity index (χ3v) is 2.48. The molecule has 2 heterocycles. The molecular formula is C12H12N4O2. The van der Waals surface area contributed by atoms with Crippen molar-refractivity contribution < 1.29 is 4.92 Å². The second-order valence-corrected chi connectivity index (χ2v) is 3.82. The zero-order valence-corrected chi connectivity index (χ0v) is 10.0. The summed E-state index contributed by atoms with van der Waals surface area (Å²) in [4.78, 5) is 18.8. The van der Waals surface area contributed by atoms with E-state index in [1.165, 1.54) is 6.07 Å². The fourth-order valence-electron chi connectivity index (χ4n) is 1.64. The van der Waals surface area contributed by atoms with Gasteiger partial charge in [-0.1, -0.05) is 0 Å². The number of pyridine rings is 2. The number of hydrogen-bond acceptors (Lipinski definition) is 5. The van der Waals surface area contributed by atoms with Crippen LogP contribution in [-0.2, 0) is 0 Å². The zero-order valence-electron chi connectivity index (χ0n) is 10.0. The van der Waals surface area contributed by atoms with Gasteiger partial charge in [0.25, 0.3) is 5.69 Å². The van der Waals surface area contributed by atoms with Crippen molar-refractivity contribution in [2.24, 2.45) is 0 Å². The Balaban J connectivity index is 2.63. The van der Waals surface area contributed by atoms with Crippen LogP contribution < -0.4 is 5.32 Å². The maximum absolute atomic E-state index is 11.0. The van der Waals surface area contributed by atoms with Crippen molar-refractivity contribution in [1.82, 2.24) is 9.97 Å². The number of rotatable bonds is 3. The van der Waals surface area contributed by atoms with Crippen LogP contribution in [0.15, 0.2) is 30.6 Å². The molecule has 2 rings (SSSR count). The Bertz CT molecular complexity index is 598. The van der Waals surface area contributed by atoms with Crippen LogP contribution in [0.25, 0.3) is 11.3 Å². The molecule has 6 nitrogen and oxygen atoms in total. The van der Waals surface area contributed by atoms with Crippen LogP contribution in [0, 0.1) is 17.0 Å². The van der Waals surface area contributed by atoms with Crippen molar-refractivity contribution in [3.05, 3.63) is 46.3 Å². The molecule has 0 saturated heterocycles. The summed E-state index contributed by atoms with van der Waals surface area (Å²) in [5.41, 5.74) is 1.86. The number of nitro groups is 1. The van der Waals surface area contributed by atoms with Gasteiger partial charge in [0.15, 0.2) is 5.69 Å². The molecule has 18 heavy (non-hydrogen) atoms. The molecule has 0 aromatic carbocycles. The molecule has 0 atom stereocenters. The number of aromatic nitrogens is 2. The first kappa shape index (κ1) is 12.0. The maximum atomic E-state index is 11.0. The highest BCUT2D eigenvalue weighted by atomic mass is 16.6. The Hall–Kier alpha value is -2.50. The number of nitrogens with one attached hydrogen (secondary N) is 1. The molecule has 0 amide bonds. The first-order chi connectivity index (χ1) is 8.61. The minimum absolute atomic E-state index is 0.0265. The van der Waals surface area contributed by atoms with Crippen molar-refractivity contribution in [2.45, 2.75) is 6.92 Å². The summed E-state index contributed by atoms with van der Waals surface area (Å²) in [6.07, 6.45) is 3.26. The van der Waals surface area contributed by atoms with Crippen molar-refractivity contribution in [1.29, 1.82) is 0 Å². The van der Waals surface area contributed by atoms with Crippen molar-refractivity contribution in [3.63, 3.8) is 0 Å². The minimum atomic E-state index is -0.440. The SMILES string of the molecule is CNc1ccc([N+](=O)[O-])c(-c2cncc(C)c2)n1. The minimum Gasteiger partial charge on any atom is -0.373 e. The van der Waals surface area contributed by atoms with E-state index in [0.717, 1.165) is 5.56 Å². The molecule has 2 aromatic heterocycles. The van der Waals surface area contributed by atoms with Gasteiger partial charge in [0.2, 0.25) is 0 Å². The largest absolute Gasteiger partial charge is 0.373 e. The molecule has 0 spiro atoms. The van der Waals surface area contributed by atoms with Crippen molar-refractivity contribution in [3.8, 4) is 11.3 Å². The standard InChI is InChI=1S/C12H12N4O2/c1-8-5-9(7-14-6-8)12-10(16(17)18)3-4-11(13-2)15-12/h3-7H,1-2H3,(H,13,15). The van der Waals surface area contributed by atoms with Crippen molar-refractivity contribution in [2.75, 3.05) is 12.4 Å². The van der Waals surface area contributed by atoms with Gasteiger partial charge in [-0.15, -0.1) is 0 Å². The number of nitrogens with zero attached hydrogens (tertiary/aromatic N) is 3. The van der Waals surface area contributed by atoms with Gasteiger partial charge in [0.05, 0.1) is 4.92 Å². The molecule has 0 aliphatic rings. The summed E-state index contributed by atoms with van der Waals surface area (Å²) in [6.45, 7) is 1.88. The fraction of sp³-hybridized carbons (Fsp3) is 0.167. The van der Waals surface area contributed by atoms with E-state index < -0.39 is 4.92 Å². The molecule has 0 aliphatic carbocycles. The predicted octanol–water partition coefficient (Wildman–Crippen LogP) is 2.40. The van der Waals surface area contributed by atoms with E-state index in [9.17, 15) is 10.1 Å². The summed E-state index contributed by atoms with van der Waals surface area (Å²) < 4.78 is 0. The summed E-state index contributed by atoms with van der Waals surface area (Å²) >= 11 is 0. The first-order valence-electron chi connectivity index (χ1n) is 5.37. The van der Waals surface area contributed by atoms with E-state index in [-0.39, 0.29) is 5.69 Å². The highest BCUT2D eigenvalue weighted by molar-refractivity contribution is 5.71. The molecule has 0 saturated carbocycles. The molecule has 0 radical (unpaired) electrons. The summed E-state index contributed by atoms with van der Waals surface area (Å²) in [5.74, 6) is 0.581. The maximum Gasteiger partial charge on any atom is 0.295 e. The Morgan fingerprint density at radius 2 is 2.11 bits per heavy atom. The molecule has 92 valence electrons. The third-order valence-electron chi connectivity index (χ3n) is 2.48. The Kier molecular flexibility index (Phi) is 3.18. The van der Waals surface area contributed by atoms with E-state index in [4.69, 9.17) is 0 Å². The van der Waals surface area contributed by atoms with Gasteiger partial charge in [-0.05, 0) is 24.6 Å². The molecule has 2 aromatic rings. The molecule has 0 unspecified atom stereocenters. The van der Waals surface area contributed by atoms with Gasteiger partial charge in [-0.3, -0.25) is 15.1 Å². The Morgan fingerprint density at radius 1 is 1.33 bits per heavy atom. The normalized spacial score (nSPS) is 10.1. The average Bonchev–Trinajstić information content (AvgIpc) is 2.38. The lowest BCUT2D eigenvalue weighted by Crippen LogP contribution is -1.99. The first-order valence-corrected chi connectivity index (χ1v) is 5.37. The lowest BCUT2D eigenvalue weighted by Gasteiger charge is -2.05. The van der Waals surface area contributed by atoms with Gasteiger partial charge in [0.1, 0.15) is 5.82 Å². The summed E-state index contributed by atoms with van der Waals surface area (Å²) in [6, 6.07) is 4.84.